The Morgan fingerprint density at radius 2 is 1.85 bits per heavy atom. The quantitative estimate of drug-likeness (QED) is 0.291. The second-order valence-corrected chi connectivity index (χ2v) is 8.11. The maximum Gasteiger partial charge on any atom is 0.335 e. The number of hydrogen-bond donors (Lipinski definition) is 1. The number of aryl methyl sites for hydroxylation is 1. The lowest BCUT2D eigenvalue weighted by Crippen LogP contribution is -2.37. The molecule has 4 rings (SSSR count). The van der Waals surface area contributed by atoms with Crippen LogP contribution in [-0.2, 0) is 11.8 Å². The van der Waals surface area contributed by atoms with E-state index in [1.165, 1.54) is 10.6 Å². The molecule has 0 atom stereocenters. The lowest BCUT2D eigenvalue weighted by molar-refractivity contribution is -0.384. The van der Waals surface area contributed by atoms with Crippen LogP contribution < -0.4 is 15.6 Å². The van der Waals surface area contributed by atoms with Gasteiger partial charge in [-0.2, -0.15) is 0 Å². The molecule has 2 heterocycles. The molecular formula is C25H28N4O5. The highest BCUT2D eigenvalue weighted by Gasteiger charge is 2.26. The Hall–Kier alpha value is -3.69. The maximum absolute atomic E-state index is 12.2. The molecule has 0 spiro atoms. The molecular weight excluding hydrogens is 436 g/mol. The molecule has 0 amide bonds. The number of morpholine rings is 1. The second kappa shape index (κ2) is 11.0. The topological polar surface area (TPSA) is 98.9 Å². The monoisotopic (exact) mass is 464 g/mol. The molecule has 0 radical (unpaired) electrons. The van der Waals surface area contributed by atoms with Gasteiger partial charge in [0, 0.05) is 50.1 Å². The predicted octanol–water partition coefficient (Wildman–Crippen LogP) is 3.89. The molecule has 1 aliphatic heterocycles. The van der Waals surface area contributed by atoms with Crippen molar-refractivity contribution in [2.45, 2.75) is 6.42 Å². The normalized spacial score (nSPS) is 14.0. The fraction of sp³-hybridized carbons (Fsp3) is 0.320. The molecule has 0 unspecified atom stereocenters. The van der Waals surface area contributed by atoms with Gasteiger partial charge in [0.1, 0.15) is 11.4 Å². The van der Waals surface area contributed by atoms with Crippen molar-refractivity contribution in [2.75, 3.05) is 44.7 Å². The Morgan fingerprint density at radius 1 is 1.09 bits per heavy atom. The molecule has 3 aromatic rings. The van der Waals surface area contributed by atoms with Crippen molar-refractivity contribution >= 4 is 11.4 Å². The molecule has 0 saturated carbocycles. The van der Waals surface area contributed by atoms with E-state index in [4.69, 9.17) is 9.47 Å². The molecule has 9 heteroatoms. The number of anilines is 1. The minimum atomic E-state index is -0.423. The molecule has 1 aromatic heterocycles. The molecule has 34 heavy (non-hydrogen) atoms. The highest BCUT2D eigenvalue weighted by atomic mass is 16.6. The number of nitrogens with zero attached hydrogens (tertiary/aromatic N) is 3. The summed E-state index contributed by atoms with van der Waals surface area (Å²) in [4.78, 5) is 26.0. The first-order valence-electron chi connectivity index (χ1n) is 11.3. The van der Waals surface area contributed by atoms with Gasteiger partial charge in [0.05, 0.1) is 18.1 Å². The number of rotatable bonds is 9. The number of hydrogen-bond acceptors (Lipinski definition) is 7. The largest absolute Gasteiger partial charge is 0.449 e. The van der Waals surface area contributed by atoms with E-state index in [9.17, 15) is 14.9 Å². The number of aromatic nitrogens is 1. The Bertz CT molecular complexity index is 1190. The summed E-state index contributed by atoms with van der Waals surface area (Å²) in [5, 5.41) is 15.5. The summed E-state index contributed by atoms with van der Waals surface area (Å²) >= 11 is 0. The van der Waals surface area contributed by atoms with Crippen LogP contribution in [0.25, 0.3) is 11.1 Å². The van der Waals surface area contributed by atoms with E-state index >= 15 is 0 Å². The number of nitro groups is 1. The number of nitro benzene ring substituents is 1. The molecule has 1 N–H and O–H groups in total. The number of benzene rings is 2. The zero-order chi connectivity index (χ0) is 23.9. The van der Waals surface area contributed by atoms with Gasteiger partial charge in [-0.15, -0.1) is 0 Å². The minimum Gasteiger partial charge on any atom is -0.449 e. The summed E-state index contributed by atoms with van der Waals surface area (Å²) in [6.07, 6.45) is 2.49. The summed E-state index contributed by atoms with van der Waals surface area (Å²) in [6, 6.07) is 15.5. The maximum atomic E-state index is 12.2. The highest BCUT2D eigenvalue weighted by Crippen LogP contribution is 2.44. The average molecular weight is 465 g/mol. The Labute approximate surface area is 197 Å². The Morgan fingerprint density at radius 3 is 2.56 bits per heavy atom. The fourth-order valence-electron chi connectivity index (χ4n) is 3.94. The Balaban J connectivity index is 1.65. The molecule has 1 saturated heterocycles. The van der Waals surface area contributed by atoms with E-state index < -0.39 is 4.92 Å². The van der Waals surface area contributed by atoms with Gasteiger partial charge in [0.2, 0.25) is 11.3 Å². The van der Waals surface area contributed by atoms with E-state index in [2.05, 4.69) is 10.2 Å². The number of para-hydroxylation sites is 1. The minimum absolute atomic E-state index is 0.132. The van der Waals surface area contributed by atoms with Gasteiger partial charge in [-0.25, -0.2) is 0 Å². The highest BCUT2D eigenvalue weighted by molar-refractivity contribution is 5.82. The average Bonchev–Trinajstić information content (AvgIpc) is 2.85. The van der Waals surface area contributed by atoms with E-state index in [1.54, 1.807) is 55.7 Å². The zero-order valence-electron chi connectivity index (χ0n) is 19.1. The van der Waals surface area contributed by atoms with Gasteiger partial charge >= 0.3 is 5.69 Å². The SMILES string of the molecule is Cn1cc(-c2ccc(NCCCN3CCOCC3)c([N+](=O)[O-])c2Oc2ccccc2)ccc1=O. The van der Waals surface area contributed by atoms with Crippen LogP contribution in [0.3, 0.4) is 0 Å². The number of nitrogens with one attached hydrogen (secondary N) is 1. The summed E-state index contributed by atoms with van der Waals surface area (Å²) in [7, 11) is 1.64. The van der Waals surface area contributed by atoms with Crippen molar-refractivity contribution < 1.29 is 14.4 Å². The van der Waals surface area contributed by atoms with Crippen LogP contribution in [0.2, 0.25) is 0 Å². The van der Waals surface area contributed by atoms with Crippen molar-refractivity contribution in [3.05, 3.63) is 81.3 Å². The van der Waals surface area contributed by atoms with Crippen molar-refractivity contribution in [2.24, 2.45) is 7.05 Å². The molecule has 9 nitrogen and oxygen atoms in total. The van der Waals surface area contributed by atoms with Gasteiger partial charge < -0.3 is 19.4 Å². The van der Waals surface area contributed by atoms with Crippen molar-refractivity contribution in [1.82, 2.24) is 9.47 Å². The molecule has 1 fully saturated rings. The molecule has 178 valence electrons. The van der Waals surface area contributed by atoms with Gasteiger partial charge in [-0.05, 0) is 43.3 Å². The number of pyridine rings is 1. The zero-order valence-corrected chi connectivity index (χ0v) is 19.1. The van der Waals surface area contributed by atoms with Gasteiger partial charge in [-0.3, -0.25) is 19.8 Å². The van der Waals surface area contributed by atoms with E-state index in [0.717, 1.165) is 39.3 Å². The summed E-state index contributed by atoms with van der Waals surface area (Å²) in [5.74, 6) is 0.620. The lowest BCUT2D eigenvalue weighted by atomic mass is 10.0. The van der Waals surface area contributed by atoms with Crippen LogP contribution in [-0.4, -0.2) is 53.8 Å². The summed E-state index contributed by atoms with van der Waals surface area (Å²) < 4.78 is 12.9. The first-order chi connectivity index (χ1) is 16.5. The van der Waals surface area contributed by atoms with Crippen LogP contribution in [0.1, 0.15) is 6.42 Å². The molecule has 1 aliphatic rings. The van der Waals surface area contributed by atoms with Gasteiger partial charge in [-0.1, -0.05) is 18.2 Å². The van der Waals surface area contributed by atoms with Crippen LogP contribution >= 0.6 is 0 Å². The number of ether oxygens (including phenoxy) is 2. The summed E-state index contributed by atoms with van der Waals surface area (Å²) in [6.45, 7) is 4.78. The molecule has 0 aliphatic carbocycles. The molecule has 2 aromatic carbocycles. The van der Waals surface area contributed by atoms with E-state index in [1.807, 2.05) is 6.07 Å². The van der Waals surface area contributed by atoms with Crippen LogP contribution in [0, 0.1) is 10.1 Å². The van der Waals surface area contributed by atoms with E-state index in [0.29, 0.717) is 29.1 Å². The standard InChI is InChI=1S/C25H28N4O5/c1-27-18-19(8-11-23(27)30)21-9-10-22(26-12-5-13-28-14-16-33-17-15-28)24(29(31)32)25(21)34-20-6-3-2-4-7-20/h2-4,6-11,18,26H,5,12-17H2,1H3. The Kier molecular flexibility index (Phi) is 7.56. The smallest absolute Gasteiger partial charge is 0.335 e. The first-order valence-corrected chi connectivity index (χ1v) is 11.3. The van der Waals surface area contributed by atoms with E-state index in [-0.39, 0.29) is 17.0 Å². The van der Waals surface area contributed by atoms with Crippen LogP contribution in [0.15, 0.2) is 65.6 Å². The van der Waals surface area contributed by atoms with Crippen LogP contribution in [0.4, 0.5) is 11.4 Å². The third kappa shape index (κ3) is 5.62. The van der Waals surface area contributed by atoms with Gasteiger partial charge in [0.25, 0.3) is 0 Å². The fourth-order valence-corrected chi connectivity index (χ4v) is 3.94. The van der Waals surface area contributed by atoms with Crippen molar-refractivity contribution in [1.29, 1.82) is 0 Å². The first kappa shape index (κ1) is 23.5. The summed E-state index contributed by atoms with van der Waals surface area (Å²) in [5.41, 5.74) is 1.27. The third-order valence-corrected chi connectivity index (χ3v) is 5.74. The second-order valence-electron chi connectivity index (χ2n) is 8.11. The van der Waals surface area contributed by atoms with Crippen LogP contribution in [0.5, 0.6) is 11.5 Å². The van der Waals surface area contributed by atoms with Crippen molar-refractivity contribution in [3.63, 3.8) is 0 Å². The third-order valence-electron chi connectivity index (χ3n) is 5.74. The predicted molar refractivity (Wildman–Crippen MR) is 131 cm³/mol. The van der Waals surface area contributed by atoms with Gasteiger partial charge in [0.15, 0.2) is 0 Å². The molecule has 0 bridgehead atoms. The van der Waals surface area contributed by atoms with Crippen molar-refractivity contribution in [3.8, 4) is 22.6 Å². The lowest BCUT2D eigenvalue weighted by Gasteiger charge is -2.26.